The molecular formula is C26H32N6OS. The summed E-state index contributed by atoms with van der Waals surface area (Å²) in [6.07, 6.45) is 9.83. The van der Waals surface area contributed by atoms with Gasteiger partial charge >= 0.3 is 0 Å². The molecule has 0 aliphatic carbocycles. The van der Waals surface area contributed by atoms with E-state index in [0.717, 1.165) is 59.9 Å². The van der Waals surface area contributed by atoms with Gasteiger partial charge in [0.05, 0.1) is 6.20 Å². The second-order valence-electron chi connectivity index (χ2n) is 8.71. The number of benzene rings is 1. The highest BCUT2D eigenvalue weighted by atomic mass is 32.1. The molecule has 0 amide bonds. The van der Waals surface area contributed by atoms with Crippen molar-refractivity contribution in [2.45, 2.75) is 25.8 Å². The Morgan fingerprint density at radius 1 is 1.03 bits per heavy atom. The van der Waals surface area contributed by atoms with Crippen LogP contribution in [0.3, 0.4) is 0 Å². The maximum Gasteiger partial charge on any atom is 0.162 e. The molecule has 34 heavy (non-hydrogen) atoms. The number of hydrogen-bond donors (Lipinski definition) is 2. The number of nitrogens with one attached hydrogen (secondary N) is 1. The fourth-order valence-corrected chi connectivity index (χ4v) is 5.23. The van der Waals surface area contributed by atoms with Gasteiger partial charge in [0.2, 0.25) is 0 Å². The zero-order valence-corrected chi connectivity index (χ0v) is 20.3. The Kier molecular flexibility index (Phi) is 7.50. The first-order valence-corrected chi connectivity index (χ1v) is 13.0. The summed E-state index contributed by atoms with van der Waals surface area (Å²) in [6.45, 7) is 6.43. The van der Waals surface area contributed by atoms with E-state index in [1.54, 1.807) is 11.3 Å². The van der Waals surface area contributed by atoms with E-state index in [9.17, 15) is 0 Å². The molecule has 3 N–H and O–H groups in total. The number of fused-ring (bicyclic) bond motifs is 1. The molecule has 178 valence electrons. The molecule has 0 radical (unpaired) electrons. The maximum absolute atomic E-state index is 5.97. The van der Waals surface area contributed by atoms with Gasteiger partial charge in [0.1, 0.15) is 12.4 Å². The number of rotatable bonds is 10. The lowest BCUT2D eigenvalue weighted by molar-refractivity contribution is 0.183. The number of ether oxygens (including phenoxy) is 1. The van der Waals surface area contributed by atoms with Gasteiger partial charge in [0, 0.05) is 54.6 Å². The van der Waals surface area contributed by atoms with Gasteiger partial charge in [-0.1, -0.05) is 18.6 Å². The average molecular weight is 477 g/mol. The van der Waals surface area contributed by atoms with E-state index in [2.05, 4.69) is 38.9 Å². The van der Waals surface area contributed by atoms with Crippen molar-refractivity contribution >= 4 is 17.0 Å². The van der Waals surface area contributed by atoms with Crippen molar-refractivity contribution in [3.8, 4) is 28.0 Å². The molecule has 1 saturated heterocycles. The SMILES string of the molecule is NCCNCc1cc(-c2cnn3cc(-c4ccc(OCCN5CCCCC5)cc4)cnc23)cs1. The predicted molar refractivity (Wildman–Crippen MR) is 138 cm³/mol. The molecule has 1 aromatic carbocycles. The minimum atomic E-state index is 0.646. The Morgan fingerprint density at radius 3 is 2.71 bits per heavy atom. The first kappa shape index (κ1) is 23.0. The van der Waals surface area contributed by atoms with Crippen molar-refractivity contribution in [3.05, 3.63) is 59.2 Å². The van der Waals surface area contributed by atoms with Gasteiger partial charge in [-0.25, -0.2) is 9.50 Å². The van der Waals surface area contributed by atoms with E-state index in [4.69, 9.17) is 15.5 Å². The van der Waals surface area contributed by atoms with Gasteiger partial charge in [-0.2, -0.15) is 5.10 Å². The quantitative estimate of drug-likeness (QED) is 0.336. The van der Waals surface area contributed by atoms with Gasteiger partial charge in [0.25, 0.3) is 0 Å². The van der Waals surface area contributed by atoms with Crippen LogP contribution in [0.1, 0.15) is 24.1 Å². The average Bonchev–Trinajstić information content (AvgIpc) is 3.52. The maximum atomic E-state index is 5.97. The fraction of sp³-hybridized carbons (Fsp3) is 0.385. The molecule has 0 spiro atoms. The molecular weight excluding hydrogens is 444 g/mol. The van der Waals surface area contributed by atoms with Crippen LogP contribution in [0, 0.1) is 0 Å². The van der Waals surface area contributed by atoms with Crippen molar-refractivity contribution in [1.82, 2.24) is 24.8 Å². The van der Waals surface area contributed by atoms with Crippen LogP contribution in [0.2, 0.25) is 0 Å². The van der Waals surface area contributed by atoms with Crippen molar-refractivity contribution < 1.29 is 4.74 Å². The molecule has 0 saturated carbocycles. The van der Waals surface area contributed by atoms with E-state index in [-0.39, 0.29) is 0 Å². The molecule has 3 aromatic heterocycles. The summed E-state index contributed by atoms with van der Waals surface area (Å²) in [5.74, 6) is 0.908. The third kappa shape index (κ3) is 5.47. The van der Waals surface area contributed by atoms with Gasteiger partial charge < -0.3 is 15.8 Å². The van der Waals surface area contributed by atoms with Crippen molar-refractivity contribution in [3.63, 3.8) is 0 Å². The molecule has 1 aliphatic rings. The molecule has 4 aromatic rings. The van der Waals surface area contributed by atoms with Crippen LogP contribution in [0.4, 0.5) is 0 Å². The third-order valence-electron chi connectivity index (χ3n) is 6.25. The van der Waals surface area contributed by atoms with Crippen LogP contribution in [0.15, 0.2) is 54.3 Å². The minimum Gasteiger partial charge on any atom is -0.492 e. The highest BCUT2D eigenvalue weighted by molar-refractivity contribution is 7.10. The van der Waals surface area contributed by atoms with Crippen molar-refractivity contribution in [2.75, 3.05) is 39.3 Å². The summed E-state index contributed by atoms with van der Waals surface area (Å²) < 4.78 is 7.83. The topological polar surface area (TPSA) is 80.7 Å². The number of likely N-dealkylation sites (tertiary alicyclic amines) is 1. The predicted octanol–water partition coefficient (Wildman–Crippen LogP) is 4.04. The number of thiophene rings is 1. The largest absolute Gasteiger partial charge is 0.492 e. The normalized spacial score (nSPS) is 14.6. The molecule has 8 heteroatoms. The molecule has 0 bridgehead atoms. The van der Waals surface area contributed by atoms with Crippen LogP contribution in [0.5, 0.6) is 5.75 Å². The highest BCUT2D eigenvalue weighted by Gasteiger charge is 2.12. The summed E-state index contributed by atoms with van der Waals surface area (Å²) in [5, 5.41) is 10.1. The fourth-order valence-electron chi connectivity index (χ4n) is 4.37. The summed E-state index contributed by atoms with van der Waals surface area (Å²) in [7, 11) is 0. The van der Waals surface area contributed by atoms with Gasteiger partial charge in [-0.15, -0.1) is 11.3 Å². The summed E-state index contributed by atoms with van der Waals surface area (Å²) in [4.78, 5) is 8.51. The Balaban J connectivity index is 1.23. The zero-order chi connectivity index (χ0) is 23.2. The number of nitrogens with zero attached hydrogens (tertiary/aromatic N) is 4. The Bertz CT molecular complexity index is 1200. The Labute approximate surface area is 204 Å². The first-order chi connectivity index (χ1) is 16.8. The van der Waals surface area contributed by atoms with Crippen LogP contribution >= 0.6 is 11.3 Å². The van der Waals surface area contributed by atoms with E-state index in [0.29, 0.717) is 6.54 Å². The van der Waals surface area contributed by atoms with Crippen molar-refractivity contribution in [2.24, 2.45) is 5.73 Å². The Morgan fingerprint density at radius 2 is 1.88 bits per heavy atom. The first-order valence-electron chi connectivity index (χ1n) is 12.1. The number of hydrogen-bond acceptors (Lipinski definition) is 7. The van der Waals surface area contributed by atoms with Gasteiger partial charge in [0.15, 0.2) is 5.65 Å². The molecule has 4 heterocycles. The van der Waals surface area contributed by atoms with Crippen LogP contribution in [-0.4, -0.2) is 58.8 Å². The lowest BCUT2D eigenvalue weighted by Crippen LogP contribution is -2.33. The molecule has 0 unspecified atom stereocenters. The van der Waals surface area contributed by atoms with E-state index in [1.807, 2.05) is 35.2 Å². The summed E-state index contributed by atoms with van der Waals surface area (Å²) >= 11 is 1.74. The van der Waals surface area contributed by atoms with Gasteiger partial charge in [-0.05, 0) is 60.6 Å². The van der Waals surface area contributed by atoms with Gasteiger partial charge in [-0.3, -0.25) is 4.90 Å². The number of piperidine rings is 1. The minimum absolute atomic E-state index is 0.646. The molecule has 1 aliphatic heterocycles. The monoisotopic (exact) mass is 476 g/mol. The van der Waals surface area contributed by atoms with E-state index in [1.165, 1.54) is 37.2 Å². The zero-order valence-electron chi connectivity index (χ0n) is 19.4. The van der Waals surface area contributed by atoms with E-state index < -0.39 is 0 Å². The second kappa shape index (κ2) is 11.1. The molecule has 0 atom stereocenters. The lowest BCUT2D eigenvalue weighted by Gasteiger charge is -2.26. The van der Waals surface area contributed by atoms with Crippen LogP contribution < -0.4 is 15.8 Å². The van der Waals surface area contributed by atoms with E-state index >= 15 is 0 Å². The molecule has 5 rings (SSSR count). The highest BCUT2D eigenvalue weighted by Crippen LogP contribution is 2.29. The lowest BCUT2D eigenvalue weighted by atomic mass is 10.1. The molecule has 7 nitrogen and oxygen atoms in total. The second-order valence-corrected chi connectivity index (χ2v) is 9.71. The summed E-state index contributed by atoms with van der Waals surface area (Å²) in [6, 6.07) is 10.4. The van der Waals surface area contributed by atoms with Crippen molar-refractivity contribution in [1.29, 1.82) is 0 Å². The smallest absolute Gasteiger partial charge is 0.162 e. The number of nitrogens with two attached hydrogens (primary N) is 1. The molecule has 1 fully saturated rings. The number of aromatic nitrogens is 3. The van der Waals surface area contributed by atoms with Crippen LogP contribution in [0.25, 0.3) is 27.9 Å². The third-order valence-corrected chi connectivity index (χ3v) is 7.19. The summed E-state index contributed by atoms with van der Waals surface area (Å²) in [5.41, 5.74) is 10.7. The van der Waals surface area contributed by atoms with Crippen LogP contribution in [-0.2, 0) is 6.54 Å². The standard InChI is InChI=1S/C26H32N6OS/c27-8-9-28-16-24-14-21(19-34-24)25-17-30-32-18-22(15-29-26(25)32)20-4-6-23(7-5-20)33-13-12-31-10-2-1-3-11-31/h4-7,14-15,17-19,28H,1-3,8-13,16,27H2. The Hall–Kier alpha value is -2.78.